The fourth-order valence-electron chi connectivity index (χ4n) is 1.01. The molecule has 0 aromatic heterocycles. The summed E-state index contributed by atoms with van der Waals surface area (Å²) >= 11 is 0. The molecule has 0 saturated heterocycles. The fourth-order valence-corrected chi connectivity index (χ4v) is 1.01. The third-order valence-corrected chi connectivity index (χ3v) is 1.66. The molecule has 1 aromatic rings. The highest BCUT2D eigenvalue weighted by atomic mass is 16.3. The lowest BCUT2D eigenvalue weighted by molar-refractivity contribution is 0.282. The van der Waals surface area contributed by atoms with Gasteiger partial charge in [-0.25, -0.2) is 0 Å². The molecule has 12 heavy (non-hydrogen) atoms. The Morgan fingerprint density at radius 2 is 2.25 bits per heavy atom. The van der Waals surface area contributed by atoms with Crippen LogP contribution in [0, 0.1) is 0 Å². The first-order chi connectivity index (χ1) is 5.81. The van der Waals surface area contributed by atoms with E-state index in [0.717, 1.165) is 16.8 Å². The number of rotatable bonds is 3. The van der Waals surface area contributed by atoms with E-state index in [4.69, 9.17) is 5.11 Å². The molecule has 2 heteroatoms. The van der Waals surface area contributed by atoms with Crippen molar-refractivity contribution < 1.29 is 5.11 Å². The van der Waals surface area contributed by atoms with E-state index in [1.807, 2.05) is 18.2 Å². The first-order valence-corrected chi connectivity index (χ1v) is 3.64. The molecule has 0 spiro atoms. The summed E-state index contributed by atoms with van der Waals surface area (Å²) in [6.45, 7) is 7.12. The van der Waals surface area contributed by atoms with Crippen molar-refractivity contribution in [3.05, 3.63) is 35.9 Å². The zero-order valence-corrected chi connectivity index (χ0v) is 6.83. The van der Waals surface area contributed by atoms with Crippen molar-refractivity contribution in [1.29, 1.82) is 0 Å². The lowest BCUT2D eigenvalue weighted by Crippen LogP contribution is -1.83. The van der Waals surface area contributed by atoms with Crippen molar-refractivity contribution in [3.63, 3.8) is 0 Å². The zero-order chi connectivity index (χ0) is 8.97. The molecule has 0 amide bonds. The highest BCUT2D eigenvalue weighted by Crippen LogP contribution is 2.20. The average Bonchev–Trinajstić information content (AvgIpc) is 2.16. The largest absolute Gasteiger partial charge is 0.392 e. The van der Waals surface area contributed by atoms with Crippen molar-refractivity contribution in [2.45, 2.75) is 6.61 Å². The lowest BCUT2D eigenvalue weighted by atomic mass is 10.1. The van der Waals surface area contributed by atoms with Gasteiger partial charge in [0, 0.05) is 0 Å². The molecule has 0 aliphatic heterocycles. The summed E-state index contributed by atoms with van der Waals surface area (Å²) in [7, 11) is 0. The standard InChI is InChI=1S/C10H11NO/c1-3-9-6-8(7-12)4-5-10(9)11-2/h3-6,12H,1-2,7H2. The summed E-state index contributed by atoms with van der Waals surface area (Å²) in [5, 5.41) is 8.84. The van der Waals surface area contributed by atoms with Crippen LogP contribution in [0.5, 0.6) is 0 Å². The number of hydrogen-bond acceptors (Lipinski definition) is 2. The number of nitrogens with zero attached hydrogens (tertiary/aromatic N) is 1. The van der Waals surface area contributed by atoms with Gasteiger partial charge >= 0.3 is 0 Å². The maximum absolute atomic E-state index is 8.84. The Bertz CT molecular complexity index is 305. The van der Waals surface area contributed by atoms with Gasteiger partial charge in [0.15, 0.2) is 0 Å². The number of aliphatic hydroxyl groups excluding tert-OH is 1. The van der Waals surface area contributed by atoms with Crippen molar-refractivity contribution in [2.24, 2.45) is 4.99 Å². The monoisotopic (exact) mass is 161 g/mol. The van der Waals surface area contributed by atoms with Crippen molar-refractivity contribution >= 4 is 18.5 Å². The molecular weight excluding hydrogens is 150 g/mol. The van der Waals surface area contributed by atoms with Crippen LogP contribution in [0.4, 0.5) is 5.69 Å². The van der Waals surface area contributed by atoms with Crippen molar-refractivity contribution in [3.8, 4) is 0 Å². The average molecular weight is 161 g/mol. The Labute approximate surface area is 71.9 Å². The Hall–Kier alpha value is -1.41. The summed E-state index contributed by atoms with van der Waals surface area (Å²) in [6, 6.07) is 5.48. The zero-order valence-electron chi connectivity index (χ0n) is 6.83. The molecule has 62 valence electrons. The molecule has 1 N–H and O–H groups in total. The van der Waals surface area contributed by atoms with Gasteiger partial charge in [-0.15, -0.1) is 0 Å². The third-order valence-electron chi connectivity index (χ3n) is 1.66. The highest BCUT2D eigenvalue weighted by Gasteiger charge is 1.97. The van der Waals surface area contributed by atoms with Gasteiger partial charge in [-0.2, -0.15) is 0 Å². The van der Waals surface area contributed by atoms with Gasteiger partial charge in [-0.05, 0) is 30.0 Å². The predicted molar refractivity (Wildman–Crippen MR) is 51.7 cm³/mol. The van der Waals surface area contributed by atoms with E-state index < -0.39 is 0 Å². The first kappa shape index (κ1) is 8.68. The number of aliphatic imine (C=N–C) groups is 1. The number of benzene rings is 1. The SMILES string of the molecule is C=Cc1cc(CO)ccc1N=C. The van der Waals surface area contributed by atoms with Gasteiger partial charge in [-0.1, -0.05) is 18.7 Å². The van der Waals surface area contributed by atoms with Crippen LogP contribution >= 0.6 is 0 Å². The normalized spacial score (nSPS) is 9.42. The molecule has 0 aliphatic rings. The van der Waals surface area contributed by atoms with Gasteiger partial charge in [-0.3, -0.25) is 4.99 Å². The van der Waals surface area contributed by atoms with E-state index >= 15 is 0 Å². The molecule has 0 bridgehead atoms. The Morgan fingerprint density at radius 3 is 2.75 bits per heavy atom. The van der Waals surface area contributed by atoms with E-state index in [-0.39, 0.29) is 6.61 Å². The second-order valence-corrected chi connectivity index (χ2v) is 2.41. The van der Waals surface area contributed by atoms with E-state index in [9.17, 15) is 0 Å². The molecule has 0 heterocycles. The van der Waals surface area contributed by atoms with E-state index in [1.54, 1.807) is 6.08 Å². The van der Waals surface area contributed by atoms with Crippen molar-refractivity contribution in [2.75, 3.05) is 0 Å². The van der Waals surface area contributed by atoms with E-state index in [1.165, 1.54) is 0 Å². The molecule has 0 saturated carbocycles. The Balaban J connectivity index is 3.18. The van der Waals surface area contributed by atoms with Gasteiger partial charge in [0.05, 0.1) is 12.3 Å². The Kier molecular flexibility index (Phi) is 2.77. The van der Waals surface area contributed by atoms with Crippen LogP contribution in [0.2, 0.25) is 0 Å². The topological polar surface area (TPSA) is 32.6 Å². The molecule has 0 radical (unpaired) electrons. The van der Waals surface area contributed by atoms with Crippen LogP contribution in [-0.4, -0.2) is 11.8 Å². The quantitative estimate of drug-likeness (QED) is 0.677. The summed E-state index contributed by atoms with van der Waals surface area (Å²) < 4.78 is 0. The second-order valence-electron chi connectivity index (χ2n) is 2.41. The number of aliphatic hydroxyl groups is 1. The highest BCUT2D eigenvalue weighted by molar-refractivity contribution is 5.65. The van der Waals surface area contributed by atoms with E-state index in [0.29, 0.717) is 0 Å². The third kappa shape index (κ3) is 1.60. The van der Waals surface area contributed by atoms with Gasteiger partial charge in [0.2, 0.25) is 0 Å². The molecule has 0 atom stereocenters. The van der Waals surface area contributed by atoms with Crippen molar-refractivity contribution in [1.82, 2.24) is 0 Å². The molecule has 0 aliphatic carbocycles. The first-order valence-electron chi connectivity index (χ1n) is 3.64. The summed E-state index contributed by atoms with van der Waals surface area (Å²) in [4.78, 5) is 3.81. The molecule has 1 aromatic carbocycles. The van der Waals surface area contributed by atoms with Gasteiger partial charge < -0.3 is 5.11 Å². The predicted octanol–water partition coefficient (Wildman–Crippen LogP) is 2.15. The summed E-state index contributed by atoms with van der Waals surface area (Å²) in [5.41, 5.74) is 2.55. The fraction of sp³-hybridized carbons (Fsp3) is 0.100. The summed E-state index contributed by atoms with van der Waals surface area (Å²) in [5.74, 6) is 0. The lowest BCUT2D eigenvalue weighted by Gasteiger charge is -2.01. The molecule has 1 rings (SSSR count). The number of hydrogen-bond donors (Lipinski definition) is 1. The van der Waals surface area contributed by atoms with Crippen LogP contribution in [0.25, 0.3) is 6.08 Å². The maximum Gasteiger partial charge on any atom is 0.0694 e. The van der Waals surface area contributed by atoms with Gasteiger partial charge in [0.1, 0.15) is 0 Å². The van der Waals surface area contributed by atoms with Crippen LogP contribution in [0.3, 0.4) is 0 Å². The van der Waals surface area contributed by atoms with E-state index in [2.05, 4.69) is 18.3 Å². The van der Waals surface area contributed by atoms with Crippen LogP contribution in [0.15, 0.2) is 29.8 Å². The minimum atomic E-state index is 0.0399. The molecule has 2 nitrogen and oxygen atoms in total. The van der Waals surface area contributed by atoms with Crippen LogP contribution < -0.4 is 0 Å². The van der Waals surface area contributed by atoms with Crippen LogP contribution in [-0.2, 0) is 6.61 Å². The molecular formula is C10H11NO. The minimum absolute atomic E-state index is 0.0399. The second kappa shape index (κ2) is 3.83. The van der Waals surface area contributed by atoms with Gasteiger partial charge in [0.25, 0.3) is 0 Å². The molecule has 0 unspecified atom stereocenters. The smallest absolute Gasteiger partial charge is 0.0694 e. The van der Waals surface area contributed by atoms with Crippen LogP contribution in [0.1, 0.15) is 11.1 Å². The molecule has 0 fully saturated rings. The maximum atomic E-state index is 8.84. The summed E-state index contributed by atoms with van der Waals surface area (Å²) in [6.07, 6.45) is 1.70. The minimum Gasteiger partial charge on any atom is -0.392 e. The Morgan fingerprint density at radius 1 is 1.50 bits per heavy atom.